The van der Waals surface area contributed by atoms with Gasteiger partial charge in [-0.05, 0) is 54.3 Å². The quantitative estimate of drug-likeness (QED) is 0.752. The number of fused-ring (bicyclic) bond motifs is 2. The Morgan fingerprint density at radius 3 is 2.79 bits per heavy atom. The molecule has 29 heavy (non-hydrogen) atoms. The Labute approximate surface area is 169 Å². The van der Waals surface area contributed by atoms with E-state index in [9.17, 15) is 13.2 Å². The van der Waals surface area contributed by atoms with Gasteiger partial charge < -0.3 is 14.8 Å². The van der Waals surface area contributed by atoms with E-state index in [2.05, 4.69) is 10.0 Å². The maximum Gasteiger partial charge on any atom is 0.321 e. The van der Waals surface area contributed by atoms with Gasteiger partial charge in [0.1, 0.15) is 0 Å². The van der Waals surface area contributed by atoms with Crippen molar-refractivity contribution in [1.82, 2.24) is 10.0 Å². The van der Waals surface area contributed by atoms with E-state index in [1.807, 2.05) is 6.92 Å². The number of amides is 2. The summed E-state index contributed by atoms with van der Waals surface area (Å²) in [4.78, 5) is 14.1. The smallest absolute Gasteiger partial charge is 0.321 e. The van der Waals surface area contributed by atoms with Crippen LogP contribution in [0.15, 0.2) is 41.3 Å². The van der Waals surface area contributed by atoms with E-state index in [0.29, 0.717) is 31.0 Å². The first kappa shape index (κ1) is 19.5. The van der Waals surface area contributed by atoms with Crippen molar-refractivity contribution in [3.8, 4) is 11.5 Å². The van der Waals surface area contributed by atoms with E-state index >= 15 is 0 Å². The highest BCUT2D eigenvalue weighted by Crippen LogP contribution is 2.33. The Morgan fingerprint density at radius 1 is 1.14 bits per heavy atom. The second-order valence-corrected chi connectivity index (χ2v) is 8.70. The third kappa shape index (κ3) is 4.01. The zero-order valence-corrected chi connectivity index (χ0v) is 16.9. The van der Waals surface area contributed by atoms with Crippen molar-refractivity contribution >= 4 is 21.7 Å². The van der Waals surface area contributed by atoms with Crippen LogP contribution >= 0.6 is 0 Å². The molecule has 0 aromatic heterocycles. The first-order chi connectivity index (χ1) is 14.0. The summed E-state index contributed by atoms with van der Waals surface area (Å²) >= 11 is 0. The van der Waals surface area contributed by atoms with E-state index < -0.39 is 10.0 Å². The largest absolute Gasteiger partial charge is 0.454 e. The number of nitrogens with zero attached hydrogens (tertiary/aromatic N) is 1. The van der Waals surface area contributed by atoms with Crippen LogP contribution in [-0.2, 0) is 23.0 Å². The molecular formula is C20H23N3O5S. The predicted octanol–water partition coefficient (Wildman–Crippen LogP) is 2.38. The fourth-order valence-electron chi connectivity index (χ4n) is 3.40. The molecule has 0 spiro atoms. The van der Waals surface area contributed by atoms with Crippen molar-refractivity contribution in [2.24, 2.45) is 0 Å². The number of ether oxygens (including phenoxy) is 2. The zero-order valence-electron chi connectivity index (χ0n) is 16.1. The molecule has 0 fully saturated rings. The lowest BCUT2D eigenvalue weighted by molar-refractivity contribution is 0.174. The molecule has 0 bridgehead atoms. The van der Waals surface area contributed by atoms with Crippen LogP contribution in [0.1, 0.15) is 24.5 Å². The summed E-state index contributed by atoms with van der Waals surface area (Å²) in [7, 11) is -3.69. The lowest BCUT2D eigenvalue weighted by Crippen LogP contribution is -2.39. The molecule has 2 heterocycles. The van der Waals surface area contributed by atoms with Crippen molar-refractivity contribution in [3.63, 3.8) is 0 Å². The molecule has 2 aromatic rings. The van der Waals surface area contributed by atoms with E-state index in [1.165, 1.54) is 6.07 Å². The molecule has 2 aliphatic heterocycles. The lowest BCUT2D eigenvalue weighted by Gasteiger charge is -2.18. The van der Waals surface area contributed by atoms with E-state index in [-0.39, 0.29) is 24.3 Å². The second kappa shape index (κ2) is 7.92. The van der Waals surface area contributed by atoms with Gasteiger partial charge in [0, 0.05) is 25.3 Å². The van der Waals surface area contributed by atoms with Gasteiger partial charge >= 0.3 is 6.03 Å². The fourth-order valence-corrected chi connectivity index (χ4v) is 4.46. The molecule has 0 atom stereocenters. The molecule has 0 saturated carbocycles. The summed E-state index contributed by atoms with van der Waals surface area (Å²) in [5.74, 6) is 1.27. The highest BCUT2D eigenvalue weighted by Gasteiger charge is 2.26. The minimum Gasteiger partial charge on any atom is -0.454 e. The SMILES string of the molecule is CCCNC(=O)N1CCc2cc(S(=O)(=O)NCc3ccc4c(c3)OCO4)ccc21. The summed E-state index contributed by atoms with van der Waals surface area (Å²) in [6.07, 6.45) is 1.49. The number of sulfonamides is 1. The molecule has 2 amide bonds. The molecule has 0 unspecified atom stereocenters. The molecule has 2 N–H and O–H groups in total. The number of nitrogens with one attached hydrogen (secondary N) is 2. The molecule has 9 heteroatoms. The van der Waals surface area contributed by atoms with Crippen LogP contribution in [0, 0.1) is 0 Å². The Kier molecular flexibility index (Phi) is 5.33. The minimum atomic E-state index is -3.69. The maximum absolute atomic E-state index is 12.7. The number of anilines is 1. The predicted molar refractivity (Wildman–Crippen MR) is 108 cm³/mol. The summed E-state index contributed by atoms with van der Waals surface area (Å²) in [5.41, 5.74) is 2.38. The van der Waals surface area contributed by atoms with Gasteiger partial charge in [0.2, 0.25) is 16.8 Å². The number of urea groups is 1. The van der Waals surface area contributed by atoms with Crippen molar-refractivity contribution in [3.05, 3.63) is 47.5 Å². The van der Waals surface area contributed by atoms with Crippen LogP contribution in [0.4, 0.5) is 10.5 Å². The van der Waals surface area contributed by atoms with Crippen molar-refractivity contribution < 1.29 is 22.7 Å². The summed E-state index contributed by atoms with van der Waals surface area (Å²) < 4.78 is 38.7. The lowest BCUT2D eigenvalue weighted by atomic mass is 10.2. The van der Waals surface area contributed by atoms with Crippen LogP contribution in [-0.4, -0.2) is 34.3 Å². The molecule has 154 valence electrons. The first-order valence-electron chi connectivity index (χ1n) is 9.54. The Hall–Kier alpha value is -2.78. The van der Waals surface area contributed by atoms with Gasteiger partial charge in [-0.25, -0.2) is 17.9 Å². The molecule has 2 aromatic carbocycles. The average Bonchev–Trinajstić information content (AvgIpc) is 3.36. The van der Waals surface area contributed by atoms with E-state index in [4.69, 9.17) is 9.47 Å². The van der Waals surface area contributed by atoms with Crippen molar-refractivity contribution in [2.45, 2.75) is 31.2 Å². The topological polar surface area (TPSA) is 97.0 Å². The van der Waals surface area contributed by atoms with Crippen molar-refractivity contribution in [2.75, 3.05) is 24.8 Å². The molecule has 4 rings (SSSR count). The molecule has 0 saturated heterocycles. The monoisotopic (exact) mass is 417 g/mol. The average molecular weight is 417 g/mol. The second-order valence-electron chi connectivity index (χ2n) is 6.94. The van der Waals surface area contributed by atoms with Crippen LogP contribution < -0.4 is 24.4 Å². The number of carbonyl (C=O) groups is 1. The normalized spacial score (nSPS) is 14.7. The molecule has 2 aliphatic rings. The number of carbonyl (C=O) groups excluding carboxylic acids is 1. The van der Waals surface area contributed by atoms with Gasteiger partial charge in [-0.1, -0.05) is 13.0 Å². The van der Waals surface area contributed by atoms with E-state index in [1.54, 1.807) is 35.2 Å². The molecule has 8 nitrogen and oxygen atoms in total. The van der Waals surface area contributed by atoms with Gasteiger partial charge in [-0.3, -0.25) is 4.90 Å². The molecular weight excluding hydrogens is 394 g/mol. The summed E-state index contributed by atoms with van der Waals surface area (Å²) in [6, 6.07) is 10.0. The number of rotatable bonds is 6. The zero-order chi connectivity index (χ0) is 20.4. The van der Waals surface area contributed by atoms with Crippen LogP contribution in [0.3, 0.4) is 0 Å². The van der Waals surface area contributed by atoms with Crippen LogP contribution in [0.2, 0.25) is 0 Å². The Morgan fingerprint density at radius 2 is 1.97 bits per heavy atom. The molecule has 0 radical (unpaired) electrons. The number of hydrogen-bond donors (Lipinski definition) is 2. The van der Waals surface area contributed by atoms with E-state index in [0.717, 1.165) is 23.2 Å². The third-order valence-corrected chi connectivity index (χ3v) is 6.33. The third-order valence-electron chi connectivity index (χ3n) is 4.93. The highest BCUT2D eigenvalue weighted by atomic mass is 32.2. The standard InChI is InChI=1S/C20H23N3O5S/c1-2-8-21-20(24)23-9-7-15-11-16(4-5-17(15)23)29(25,26)22-12-14-3-6-18-19(10-14)28-13-27-18/h3-6,10-11,22H,2,7-9,12-13H2,1H3,(H,21,24). The first-order valence-corrected chi connectivity index (χ1v) is 11.0. The summed E-state index contributed by atoms with van der Waals surface area (Å²) in [5, 5.41) is 2.85. The Bertz CT molecular complexity index is 1040. The van der Waals surface area contributed by atoms with Crippen LogP contribution in [0.5, 0.6) is 11.5 Å². The number of hydrogen-bond acceptors (Lipinski definition) is 5. The van der Waals surface area contributed by atoms with Gasteiger partial charge in [0.25, 0.3) is 0 Å². The summed E-state index contributed by atoms with van der Waals surface area (Å²) in [6.45, 7) is 3.46. The Balaban J connectivity index is 1.46. The number of benzene rings is 2. The maximum atomic E-state index is 12.7. The molecule has 0 aliphatic carbocycles. The van der Waals surface area contributed by atoms with Crippen molar-refractivity contribution in [1.29, 1.82) is 0 Å². The van der Waals surface area contributed by atoms with Gasteiger partial charge in [0.15, 0.2) is 11.5 Å². The van der Waals surface area contributed by atoms with Crippen LogP contribution in [0.25, 0.3) is 0 Å². The van der Waals surface area contributed by atoms with Gasteiger partial charge in [-0.2, -0.15) is 0 Å². The highest BCUT2D eigenvalue weighted by molar-refractivity contribution is 7.89. The minimum absolute atomic E-state index is 0.140. The van der Waals surface area contributed by atoms with Gasteiger partial charge in [0.05, 0.1) is 4.90 Å². The van der Waals surface area contributed by atoms with Gasteiger partial charge in [-0.15, -0.1) is 0 Å². The fraction of sp³-hybridized carbons (Fsp3) is 0.350.